The molecule has 0 fully saturated rings. The van der Waals surface area contributed by atoms with E-state index in [-0.39, 0.29) is 5.91 Å². The van der Waals surface area contributed by atoms with Gasteiger partial charge in [-0.3, -0.25) is 4.79 Å². The third-order valence-electron chi connectivity index (χ3n) is 2.64. The molecule has 0 atom stereocenters. The maximum atomic E-state index is 11.8. The summed E-state index contributed by atoms with van der Waals surface area (Å²) in [5, 5.41) is 4.16. The molecule has 0 saturated carbocycles. The van der Waals surface area contributed by atoms with Crippen molar-refractivity contribution in [2.45, 2.75) is 34.1 Å². The lowest BCUT2D eigenvalue weighted by Gasteiger charge is -2.07. The average Bonchev–Trinajstić information content (AvgIpc) is 2.30. The van der Waals surface area contributed by atoms with Gasteiger partial charge in [-0.2, -0.15) is 5.10 Å². The molecule has 0 saturated heterocycles. The highest BCUT2D eigenvalue weighted by Crippen LogP contribution is 2.04. The van der Waals surface area contributed by atoms with Gasteiger partial charge in [-0.1, -0.05) is 38.5 Å². The minimum atomic E-state index is -0.156. The molecule has 3 heteroatoms. The molecule has 0 aliphatic rings. The van der Waals surface area contributed by atoms with Gasteiger partial charge in [-0.05, 0) is 31.4 Å². The van der Waals surface area contributed by atoms with Crippen LogP contribution in [-0.2, 0) is 0 Å². The van der Waals surface area contributed by atoms with Crippen molar-refractivity contribution in [1.29, 1.82) is 0 Å². The molecular weight excluding hydrogens is 212 g/mol. The van der Waals surface area contributed by atoms with Crippen LogP contribution in [0.1, 0.15) is 43.1 Å². The third kappa shape index (κ3) is 4.02. The smallest absolute Gasteiger partial charge is 0.267 e. The first kappa shape index (κ1) is 13.4. The Morgan fingerprint density at radius 1 is 1.29 bits per heavy atom. The quantitative estimate of drug-likeness (QED) is 0.629. The summed E-state index contributed by atoms with van der Waals surface area (Å²) < 4.78 is 0. The van der Waals surface area contributed by atoms with Crippen molar-refractivity contribution in [3.63, 3.8) is 0 Å². The van der Waals surface area contributed by atoms with Crippen molar-refractivity contribution in [1.82, 2.24) is 5.43 Å². The fourth-order valence-corrected chi connectivity index (χ4v) is 1.51. The molecule has 0 radical (unpaired) electrons. The number of hydrazone groups is 1. The van der Waals surface area contributed by atoms with E-state index in [0.29, 0.717) is 11.5 Å². The Morgan fingerprint density at radius 2 is 1.88 bits per heavy atom. The molecule has 0 spiro atoms. The van der Waals surface area contributed by atoms with Gasteiger partial charge in [0.25, 0.3) is 5.91 Å². The highest BCUT2D eigenvalue weighted by atomic mass is 16.2. The van der Waals surface area contributed by atoms with E-state index in [9.17, 15) is 4.79 Å². The molecule has 1 aromatic rings. The van der Waals surface area contributed by atoms with Gasteiger partial charge in [0.15, 0.2) is 0 Å². The van der Waals surface area contributed by atoms with E-state index in [2.05, 4.69) is 24.4 Å². The van der Waals surface area contributed by atoms with Crippen molar-refractivity contribution in [2.75, 3.05) is 0 Å². The summed E-state index contributed by atoms with van der Waals surface area (Å²) in [7, 11) is 0. The van der Waals surface area contributed by atoms with Gasteiger partial charge in [-0.15, -0.1) is 0 Å². The Labute approximate surface area is 103 Å². The fraction of sp³-hybridized carbons (Fsp3) is 0.429. The van der Waals surface area contributed by atoms with Gasteiger partial charge in [0, 0.05) is 11.3 Å². The third-order valence-corrected chi connectivity index (χ3v) is 2.64. The highest BCUT2D eigenvalue weighted by Gasteiger charge is 2.06. The predicted molar refractivity (Wildman–Crippen MR) is 71.2 cm³/mol. The van der Waals surface area contributed by atoms with Gasteiger partial charge in [-0.25, -0.2) is 5.43 Å². The number of aryl methyl sites for hydroxylation is 1. The number of hydrogen-bond acceptors (Lipinski definition) is 2. The van der Waals surface area contributed by atoms with Gasteiger partial charge < -0.3 is 0 Å². The van der Waals surface area contributed by atoms with Crippen LogP contribution in [0.3, 0.4) is 0 Å². The largest absolute Gasteiger partial charge is 0.271 e. The number of amides is 1. The number of nitrogens with one attached hydrogen (secondary N) is 1. The normalized spacial score (nSPS) is 11.7. The zero-order chi connectivity index (χ0) is 12.8. The summed E-state index contributed by atoms with van der Waals surface area (Å²) in [4.78, 5) is 11.8. The van der Waals surface area contributed by atoms with E-state index in [1.54, 1.807) is 12.1 Å². The summed E-state index contributed by atoms with van der Waals surface area (Å²) in [5.41, 5.74) is 5.38. The maximum absolute atomic E-state index is 11.8. The molecule has 0 bridgehead atoms. The second-order valence-corrected chi connectivity index (χ2v) is 4.42. The van der Waals surface area contributed by atoms with Gasteiger partial charge in [0.2, 0.25) is 0 Å². The van der Waals surface area contributed by atoms with Crippen molar-refractivity contribution < 1.29 is 4.79 Å². The molecule has 17 heavy (non-hydrogen) atoms. The van der Waals surface area contributed by atoms with E-state index in [4.69, 9.17) is 0 Å². The van der Waals surface area contributed by atoms with Crippen LogP contribution in [0.25, 0.3) is 0 Å². The zero-order valence-electron chi connectivity index (χ0n) is 10.9. The minimum absolute atomic E-state index is 0.156. The molecule has 1 rings (SSSR count). The molecule has 0 aromatic heterocycles. The van der Waals surface area contributed by atoms with Gasteiger partial charge in [0.05, 0.1) is 0 Å². The zero-order valence-corrected chi connectivity index (χ0v) is 10.9. The Kier molecular flexibility index (Phi) is 4.88. The molecule has 1 amide bonds. The highest BCUT2D eigenvalue weighted by molar-refractivity contribution is 5.95. The van der Waals surface area contributed by atoms with Gasteiger partial charge in [0.1, 0.15) is 0 Å². The monoisotopic (exact) mass is 232 g/mol. The van der Waals surface area contributed by atoms with Crippen LogP contribution in [0.2, 0.25) is 0 Å². The number of nitrogens with zero attached hydrogens (tertiary/aromatic N) is 1. The Bertz CT molecular complexity index is 405. The second-order valence-electron chi connectivity index (χ2n) is 4.42. The first-order valence-corrected chi connectivity index (χ1v) is 5.98. The van der Waals surface area contributed by atoms with Crippen LogP contribution in [-0.4, -0.2) is 11.6 Å². The molecule has 0 aliphatic heterocycles. The molecule has 1 N–H and O–H groups in total. The summed E-state index contributed by atoms with van der Waals surface area (Å²) in [5.74, 6) is 0.204. The second kappa shape index (κ2) is 6.18. The molecule has 0 heterocycles. The lowest BCUT2D eigenvalue weighted by molar-refractivity contribution is 0.0954. The Hall–Kier alpha value is -1.64. The number of carbonyl (C=O) groups is 1. The number of hydrogen-bond donors (Lipinski definition) is 1. The summed E-state index contributed by atoms with van der Waals surface area (Å²) in [6, 6.07) is 7.45. The number of rotatable bonds is 4. The minimum Gasteiger partial charge on any atom is -0.267 e. The lowest BCUT2D eigenvalue weighted by Crippen LogP contribution is -2.21. The molecule has 3 nitrogen and oxygen atoms in total. The fourth-order valence-electron chi connectivity index (χ4n) is 1.51. The summed E-state index contributed by atoms with van der Waals surface area (Å²) in [6.45, 7) is 8.17. The molecule has 0 aliphatic carbocycles. The van der Waals surface area contributed by atoms with Crippen molar-refractivity contribution in [3.05, 3.63) is 35.4 Å². The lowest BCUT2D eigenvalue weighted by atomic mass is 10.1. The van der Waals surface area contributed by atoms with E-state index in [1.807, 2.05) is 26.0 Å². The standard InChI is InChI=1S/C14H20N2O/c1-5-13(10(2)3)15-16-14(17)12-8-6-11(4)7-9-12/h6-10H,5H2,1-4H3,(H,16,17)/b15-13-. The SMILES string of the molecule is CC/C(=N/NC(=O)c1ccc(C)cc1)C(C)C. The van der Waals surface area contributed by atoms with E-state index in [0.717, 1.165) is 17.7 Å². The van der Waals surface area contributed by atoms with E-state index >= 15 is 0 Å². The first-order valence-electron chi connectivity index (χ1n) is 5.98. The van der Waals surface area contributed by atoms with E-state index in [1.165, 1.54) is 0 Å². The van der Waals surface area contributed by atoms with Crippen LogP contribution in [0.4, 0.5) is 0 Å². The van der Waals surface area contributed by atoms with Crippen LogP contribution in [0, 0.1) is 12.8 Å². The van der Waals surface area contributed by atoms with Crippen LogP contribution >= 0.6 is 0 Å². The predicted octanol–water partition coefficient (Wildman–Crippen LogP) is 3.15. The van der Waals surface area contributed by atoms with Crippen molar-refractivity contribution in [3.8, 4) is 0 Å². The van der Waals surface area contributed by atoms with E-state index < -0.39 is 0 Å². The Morgan fingerprint density at radius 3 is 2.35 bits per heavy atom. The van der Waals surface area contributed by atoms with Gasteiger partial charge >= 0.3 is 0 Å². The molecule has 1 aromatic carbocycles. The molecular formula is C14H20N2O. The summed E-state index contributed by atoms with van der Waals surface area (Å²) in [6.07, 6.45) is 0.853. The molecule has 92 valence electrons. The van der Waals surface area contributed by atoms with Crippen LogP contribution in [0.5, 0.6) is 0 Å². The number of benzene rings is 1. The van der Waals surface area contributed by atoms with Crippen molar-refractivity contribution >= 4 is 11.6 Å². The van der Waals surface area contributed by atoms with Crippen molar-refractivity contribution in [2.24, 2.45) is 11.0 Å². The molecule has 0 unspecified atom stereocenters. The van der Waals surface area contributed by atoms with Crippen LogP contribution < -0.4 is 5.43 Å². The first-order chi connectivity index (χ1) is 8.04. The summed E-state index contributed by atoms with van der Waals surface area (Å²) >= 11 is 0. The average molecular weight is 232 g/mol. The Balaban J connectivity index is 2.70. The maximum Gasteiger partial charge on any atom is 0.271 e. The topological polar surface area (TPSA) is 41.5 Å². The van der Waals surface area contributed by atoms with Crippen LogP contribution in [0.15, 0.2) is 29.4 Å². The number of carbonyl (C=O) groups excluding carboxylic acids is 1.